The highest BCUT2D eigenvalue weighted by Gasteiger charge is 2.23. The van der Waals surface area contributed by atoms with Gasteiger partial charge in [-0.15, -0.1) is 0 Å². The monoisotopic (exact) mass is 405 g/mol. The first kappa shape index (κ1) is 20.5. The Morgan fingerprint density at radius 1 is 1.13 bits per heavy atom. The number of aryl methyl sites for hydroxylation is 1. The molecular weight excluding hydrogens is 374 g/mol. The number of carbonyl (C=O) groups excluding carboxylic acids is 1. The summed E-state index contributed by atoms with van der Waals surface area (Å²) < 4.78 is 1.82. The zero-order valence-corrected chi connectivity index (χ0v) is 18.4. The van der Waals surface area contributed by atoms with E-state index in [1.54, 1.807) is 0 Å². The molecule has 1 fully saturated rings. The fourth-order valence-electron chi connectivity index (χ4n) is 3.94. The predicted octanol–water partition coefficient (Wildman–Crippen LogP) is 3.73. The van der Waals surface area contributed by atoms with Crippen LogP contribution in [0.5, 0.6) is 0 Å². The van der Waals surface area contributed by atoms with Gasteiger partial charge in [0.05, 0.1) is 5.69 Å². The van der Waals surface area contributed by atoms with Crippen LogP contribution in [-0.2, 0) is 12.0 Å². The third-order valence-corrected chi connectivity index (χ3v) is 5.78. The van der Waals surface area contributed by atoms with Crippen LogP contribution in [0, 0.1) is 6.92 Å². The Morgan fingerprint density at radius 3 is 2.50 bits per heavy atom. The van der Waals surface area contributed by atoms with Crippen molar-refractivity contribution in [2.75, 3.05) is 13.1 Å². The normalized spacial score (nSPS) is 16.1. The topological polar surface area (TPSA) is 62.5 Å². The number of benzene rings is 1. The molecule has 0 spiro atoms. The fourth-order valence-corrected chi connectivity index (χ4v) is 3.94. The van der Waals surface area contributed by atoms with Crippen molar-refractivity contribution in [2.45, 2.75) is 58.5 Å². The summed E-state index contributed by atoms with van der Waals surface area (Å²) in [5.74, 6) is -0.0966. The summed E-state index contributed by atoms with van der Waals surface area (Å²) in [5.41, 5.74) is 4.36. The summed E-state index contributed by atoms with van der Waals surface area (Å²) >= 11 is 0. The number of nitrogens with one attached hydrogen (secondary N) is 1. The third kappa shape index (κ3) is 4.54. The Bertz CT molecular complexity index is 1030. The van der Waals surface area contributed by atoms with Crippen LogP contribution in [0.3, 0.4) is 0 Å². The van der Waals surface area contributed by atoms with E-state index < -0.39 is 0 Å². The molecule has 158 valence electrons. The van der Waals surface area contributed by atoms with Crippen LogP contribution in [0.1, 0.15) is 61.1 Å². The number of hydrogen-bond acceptors (Lipinski definition) is 4. The highest BCUT2D eigenvalue weighted by Crippen LogP contribution is 2.22. The van der Waals surface area contributed by atoms with Gasteiger partial charge in [0, 0.05) is 42.9 Å². The number of rotatable bonds is 4. The van der Waals surface area contributed by atoms with Gasteiger partial charge in [0.2, 0.25) is 0 Å². The van der Waals surface area contributed by atoms with Crippen molar-refractivity contribution in [1.29, 1.82) is 0 Å². The maximum atomic E-state index is 12.9. The molecule has 1 amide bonds. The number of aromatic nitrogens is 3. The van der Waals surface area contributed by atoms with Gasteiger partial charge in [-0.3, -0.25) is 9.69 Å². The Labute approximate surface area is 178 Å². The first-order valence-electron chi connectivity index (χ1n) is 10.7. The maximum absolute atomic E-state index is 12.9. The molecular formula is C24H31N5O. The molecule has 0 saturated carbocycles. The Morgan fingerprint density at radius 2 is 1.83 bits per heavy atom. The molecule has 2 aromatic heterocycles. The smallest absolute Gasteiger partial charge is 0.270 e. The van der Waals surface area contributed by atoms with Gasteiger partial charge in [0.1, 0.15) is 5.69 Å². The van der Waals surface area contributed by atoms with Gasteiger partial charge in [-0.2, -0.15) is 5.10 Å². The molecule has 30 heavy (non-hydrogen) atoms. The number of likely N-dealkylation sites (tertiary alicyclic amines) is 1. The Hall–Kier alpha value is -2.73. The lowest BCUT2D eigenvalue weighted by molar-refractivity contribution is 0.0904. The molecule has 3 aromatic rings. The SMILES string of the molecule is Cc1cc(C(=O)NC2CCN(Cc3ccccc3)CC2)nc2cc(C(C)(C)C)nn12. The summed E-state index contributed by atoms with van der Waals surface area (Å²) in [7, 11) is 0. The molecule has 1 aromatic carbocycles. The number of amides is 1. The molecule has 1 aliphatic heterocycles. The first-order chi connectivity index (χ1) is 14.3. The lowest BCUT2D eigenvalue weighted by atomic mass is 9.93. The lowest BCUT2D eigenvalue weighted by Crippen LogP contribution is -2.44. The molecule has 1 saturated heterocycles. The molecule has 0 aliphatic carbocycles. The van der Waals surface area contributed by atoms with Crippen LogP contribution >= 0.6 is 0 Å². The molecule has 0 radical (unpaired) electrons. The molecule has 0 unspecified atom stereocenters. The molecule has 1 N–H and O–H groups in total. The third-order valence-electron chi connectivity index (χ3n) is 5.78. The highest BCUT2D eigenvalue weighted by atomic mass is 16.1. The summed E-state index contributed by atoms with van der Waals surface area (Å²) in [5, 5.41) is 7.85. The van der Waals surface area contributed by atoms with Gasteiger partial charge in [-0.1, -0.05) is 51.1 Å². The van der Waals surface area contributed by atoms with Gasteiger partial charge in [0.15, 0.2) is 5.65 Å². The summed E-state index contributed by atoms with van der Waals surface area (Å²) in [4.78, 5) is 19.9. The average molecular weight is 406 g/mol. The molecule has 6 nitrogen and oxygen atoms in total. The lowest BCUT2D eigenvalue weighted by Gasteiger charge is -2.32. The van der Waals surface area contributed by atoms with E-state index in [1.807, 2.05) is 29.6 Å². The van der Waals surface area contributed by atoms with E-state index in [-0.39, 0.29) is 17.4 Å². The van der Waals surface area contributed by atoms with E-state index in [0.29, 0.717) is 5.69 Å². The first-order valence-corrected chi connectivity index (χ1v) is 10.7. The number of hydrogen-bond donors (Lipinski definition) is 1. The predicted molar refractivity (Wildman–Crippen MR) is 119 cm³/mol. The van der Waals surface area contributed by atoms with E-state index in [9.17, 15) is 4.79 Å². The van der Waals surface area contributed by atoms with E-state index in [4.69, 9.17) is 0 Å². The van der Waals surface area contributed by atoms with Crippen LogP contribution in [0.15, 0.2) is 42.5 Å². The summed E-state index contributed by atoms with van der Waals surface area (Å²) in [6.45, 7) is 11.3. The van der Waals surface area contributed by atoms with Crippen molar-refractivity contribution in [3.8, 4) is 0 Å². The molecule has 0 bridgehead atoms. The highest BCUT2D eigenvalue weighted by molar-refractivity contribution is 5.93. The van der Waals surface area contributed by atoms with Crippen LogP contribution in [-0.4, -0.2) is 44.5 Å². The van der Waals surface area contributed by atoms with E-state index in [1.165, 1.54) is 5.56 Å². The minimum Gasteiger partial charge on any atom is -0.348 e. The maximum Gasteiger partial charge on any atom is 0.270 e. The molecule has 0 atom stereocenters. The van der Waals surface area contributed by atoms with E-state index >= 15 is 0 Å². The van der Waals surface area contributed by atoms with E-state index in [2.05, 4.69) is 65.3 Å². The van der Waals surface area contributed by atoms with E-state index in [0.717, 1.165) is 49.5 Å². The largest absolute Gasteiger partial charge is 0.348 e. The van der Waals surface area contributed by atoms with Gasteiger partial charge >= 0.3 is 0 Å². The fraction of sp³-hybridized carbons (Fsp3) is 0.458. The summed E-state index contributed by atoms with van der Waals surface area (Å²) in [6.07, 6.45) is 1.92. The second-order valence-electron chi connectivity index (χ2n) is 9.34. The van der Waals surface area contributed by atoms with Crippen LogP contribution in [0.25, 0.3) is 5.65 Å². The van der Waals surface area contributed by atoms with Crippen molar-refractivity contribution in [3.63, 3.8) is 0 Å². The van der Waals surface area contributed by atoms with Crippen molar-refractivity contribution in [2.24, 2.45) is 0 Å². The van der Waals surface area contributed by atoms with Crippen molar-refractivity contribution in [1.82, 2.24) is 24.8 Å². The van der Waals surface area contributed by atoms with Gasteiger partial charge in [-0.25, -0.2) is 9.50 Å². The number of fused-ring (bicyclic) bond motifs is 1. The van der Waals surface area contributed by atoms with Gasteiger partial charge in [0.25, 0.3) is 5.91 Å². The van der Waals surface area contributed by atoms with Gasteiger partial charge in [-0.05, 0) is 31.4 Å². The van der Waals surface area contributed by atoms with Crippen LogP contribution in [0.4, 0.5) is 0 Å². The quantitative estimate of drug-likeness (QED) is 0.718. The molecule has 1 aliphatic rings. The standard InChI is InChI=1S/C24H31N5O/c1-17-14-20(26-22-15-21(24(2,3)4)27-29(17)22)23(30)25-19-10-12-28(13-11-19)16-18-8-6-5-7-9-18/h5-9,14-15,19H,10-13,16H2,1-4H3,(H,25,30). The Kier molecular flexibility index (Phi) is 5.60. The molecule has 3 heterocycles. The van der Waals surface area contributed by atoms with Crippen LogP contribution in [0.2, 0.25) is 0 Å². The zero-order valence-electron chi connectivity index (χ0n) is 18.4. The Balaban J connectivity index is 1.39. The van der Waals surface area contributed by atoms with Crippen molar-refractivity contribution >= 4 is 11.6 Å². The van der Waals surface area contributed by atoms with Gasteiger partial charge < -0.3 is 5.32 Å². The minimum atomic E-state index is -0.0966. The second kappa shape index (κ2) is 8.19. The minimum absolute atomic E-state index is 0.0592. The van der Waals surface area contributed by atoms with Crippen molar-refractivity contribution in [3.05, 3.63) is 65.1 Å². The second-order valence-corrected chi connectivity index (χ2v) is 9.34. The molecule has 4 rings (SSSR count). The van der Waals surface area contributed by atoms with Crippen molar-refractivity contribution < 1.29 is 4.79 Å². The number of nitrogens with zero attached hydrogens (tertiary/aromatic N) is 4. The average Bonchev–Trinajstić information content (AvgIpc) is 3.16. The molecule has 6 heteroatoms. The summed E-state index contributed by atoms with van der Waals surface area (Å²) in [6, 6.07) is 14.5. The number of piperidine rings is 1. The van der Waals surface area contributed by atoms with Crippen LogP contribution < -0.4 is 5.32 Å². The zero-order chi connectivity index (χ0) is 21.3. The number of carbonyl (C=O) groups is 1.